The van der Waals surface area contributed by atoms with E-state index in [1.807, 2.05) is 0 Å². The third-order valence-corrected chi connectivity index (χ3v) is 2.71. The number of esters is 1. The molecule has 6 heteroatoms. The van der Waals surface area contributed by atoms with E-state index in [1.165, 1.54) is 0 Å². The lowest BCUT2D eigenvalue weighted by Gasteiger charge is -2.05. The molecule has 1 aromatic carbocycles. The Kier molecular flexibility index (Phi) is 5.89. The van der Waals surface area contributed by atoms with Gasteiger partial charge >= 0.3 is 5.97 Å². The molecule has 0 N–H and O–H groups in total. The van der Waals surface area contributed by atoms with Crippen LogP contribution in [0.1, 0.15) is 36.5 Å². The van der Waals surface area contributed by atoms with Crippen LogP contribution in [0.15, 0.2) is 12.1 Å². The Morgan fingerprint density at radius 1 is 1.21 bits per heavy atom. The molecule has 3 nitrogen and oxygen atoms in total. The van der Waals surface area contributed by atoms with E-state index >= 15 is 0 Å². The number of carbonyl (C=O) groups excluding carboxylic acids is 2. The first-order valence-corrected chi connectivity index (χ1v) is 6.16. The molecule has 0 unspecified atom stereocenters. The van der Waals surface area contributed by atoms with Gasteiger partial charge in [0.2, 0.25) is 0 Å². The molecule has 0 saturated heterocycles. The topological polar surface area (TPSA) is 43.4 Å². The number of rotatable bonds is 6. The molecule has 0 heterocycles. The molecule has 1 rings (SSSR count). The summed E-state index contributed by atoms with van der Waals surface area (Å²) in [6, 6.07) is 1.53. The third-order valence-electron chi connectivity index (χ3n) is 2.40. The molecule has 0 spiro atoms. The van der Waals surface area contributed by atoms with E-state index in [0.717, 1.165) is 12.1 Å². The van der Waals surface area contributed by atoms with Gasteiger partial charge in [0.05, 0.1) is 11.6 Å². The van der Waals surface area contributed by atoms with Crippen LogP contribution < -0.4 is 0 Å². The van der Waals surface area contributed by atoms with Crippen LogP contribution in [0.25, 0.3) is 0 Å². The zero-order valence-corrected chi connectivity index (χ0v) is 11.1. The highest BCUT2D eigenvalue weighted by Crippen LogP contribution is 2.22. The van der Waals surface area contributed by atoms with Gasteiger partial charge in [-0.25, -0.2) is 8.78 Å². The molecule has 0 aliphatic rings. The first kappa shape index (κ1) is 15.6. The first-order chi connectivity index (χ1) is 8.95. The number of hydrogen-bond acceptors (Lipinski definition) is 3. The van der Waals surface area contributed by atoms with Crippen LogP contribution in [-0.2, 0) is 9.53 Å². The van der Waals surface area contributed by atoms with Crippen LogP contribution in [-0.4, -0.2) is 18.4 Å². The largest absolute Gasteiger partial charge is 0.466 e. The van der Waals surface area contributed by atoms with Crippen molar-refractivity contribution in [3.8, 4) is 0 Å². The van der Waals surface area contributed by atoms with Crippen molar-refractivity contribution in [1.29, 1.82) is 0 Å². The van der Waals surface area contributed by atoms with E-state index in [2.05, 4.69) is 0 Å². The van der Waals surface area contributed by atoms with Gasteiger partial charge in [-0.1, -0.05) is 11.6 Å². The van der Waals surface area contributed by atoms with Crippen LogP contribution in [0.3, 0.4) is 0 Å². The number of benzene rings is 1. The Morgan fingerprint density at radius 3 is 2.47 bits per heavy atom. The van der Waals surface area contributed by atoms with Crippen LogP contribution in [0, 0.1) is 11.6 Å². The SMILES string of the molecule is CCOC(=O)CCCC(=O)c1cc(F)c(F)cc1Cl. The fraction of sp³-hybridized carbons (Fsp3) is 0.385. The van der Waals surface area contributed by atoms with Crippen LogP contribution in [0.2, 0.25) is 5.02 Å². The maximum atomic E-state index is 13.0. The van der Waals surface area contributed by atoms with Crippen LogP contribution in [0.4, 0.5) is 8.78 Å². The van der Waals surface area contributed by atoms with E-state index < -0.39 is 23.4 Å². The van der Waals surface area contributed by atoms with E-state index in [1.54, 1.807) is 6.92 Å². The van der Waals surface area contributed by atoms with Crippen molar-refractivity contribution >= 4 is 23.4 Å². The second kappa shape index (κ2) is 7.19. The fourth-order valence-corrected chi connectivity index (χ4v) is 1.75. The number of carbonyl (C=O) groups is 2. The summed E-state index contributed by atoms with van der Waals surface area (Å²) in [6.45, 7) is 1.96. The summed E-state index contributed by atoms with van der Waals surface area (Å²) in [4.78, 5) is 22.8. The lowest BCUT2D eigenvalue weighted by molar-refractivity contribution is -0.143. The van der Waals surface area contributed by atoms with E-state index in [-0.39, 0.29) is 36.5 Å². The highest BCUT2D eigenvalue weighted by atomic mass is 35.5. The summed E-state index contributed by atoms with van der Waals surface area (Å²) in [7, 11) is 0. The quantitative estimate of drug-likeness (QED) is 0.457. The highest BCUT2D eigenvalue weighted by molar-refractivity contribution is 6.33. The third kappa shape index (κ3) is 4.59. The van der Waals surface area contributed by atoms with Crippen LogP contribution in [0.5, 0.6) is 0 Å². The zero-order valence-electron chi connectivity index (χ0n) is 10.3. The lowest BCUT2D eigenvalue weighted by Crippen LogP contribution is -2.06. The van der Waals surface area contributed by atoms with Crippen molar-refractivity contribution in [3.05, 3.63) is 34.4 Å². The van der Waals surface area contributed by atoms with E-state index in [0.29, 0.717) is 0 Å². The van der Waals surface area contributed by atoms with Gasteiger partial charge in [0.15, 0.2) is 17.4 Å². The van der Waals surface area contributed by atoms with Crippen molar-refractivity contribution in [2.24, 2.45) is 0 Å². The monoisotopic (exact) mass is 290 g/mol. The minimum Gasteiger partial charge on any atom is -0.466 e. The summed E-state index contributed by atoms with van der Waals surface area (Å²) in [5.74, 6) is -3.06. The first-order valence-electron chi connectivity index (χ1n) is 5.79. The lowest BCUT2D eigenvalue weighted by atomic mass is 10.1. The molecule has 1 aromatic rings. The minimum atomic E-state index is -1.13. The maximum absolute atomic E-state index is 13.0. The van der Waals surface area contributed by atoms with Crippen molar-refractivity contribution < 1.29 is 23.1 Å². The standard InChI is InChI=1S/C13H13ClF2O3/c1-2-19-13(18)5-3-4-12(17)8-6-10(15)11(16)7-9(8)14/h6-7H,2-5H2,1H3. The Morgan fingerprint density at radius 2 is 1.84 bits per heavy atom. The molecular formula is C13H13ClF2O3. The van der Waals surface area contributed by atoms with Gasteiger partial charge in [-0.05, 0) is 25.5 Å². The molecule has 0 aliphatic carbocycles. The minimum absolute atomic E-state index is 0.0175. The molecule has 0 fully saturated rings. The van der Waals surface area contributed by atoms with Gasteiger partial charge in [0, 0.05) is 18.4 Å². The summed E-state index contributed by atoms with van der Waals surface area (Å²) < 4.78 is 30.5. The van der Waals surface area contributed by atoms with Gasteiger partial charge in [-0.15, -0.1) is 0 Å². The number of halogens is 3. The second-order valence-electron chi connectivity index (χ2n) is 3.83. The van der Waals surface area contributed by atoms with Gasteiger partial charge in [-0.2, -0.15) is 0 Å². The molecule has 0 saturated carbocycles. The molecule has 104 valence electrons. The molecule has 0 aliphatic heterocycles. The summed E-state index contributed by atoms with van der Waals surface area (Å²) in [5.41, 5.74) is -0.0792. The van der Waals surface area contributed by atoms with E-state index in [4.69, 9.17) is 16.3 Å². The molecule has 0 amide bonds. The van der Waals surface area contributed by atoms with Gasteiger partial charge < -0.3 is 4.74 Å². The average molecular weight is 291 g/mol. The molecule has 0 bridgehead atoms. The average Bonchev–Trinajstić information content (AvgIpc) is 2.34. The molecule has 0 atom stereocenters. The van der Waals surface area contributed by atoms with Crippen molar-refractivity contribution in [3.63, 3.8) is 0 Å². The van der Waals surface area contributed by atoms with Crippen molar-refractivity contribution in [2.75, 3.05) is 6.61 Å². The van der Waals surface area contributed by atoms with Gasteiger partial charge in [-0.3, -0.25) is 9.59 Å². The summed E-state index contributed by atoms with van der Waals surface area (Å²) >= 11 is 5.67. The number of Topliss-reactive ketones (excluding diaryl/α,β-unsaturated/α-hetero) is 1. The fourth-order valence-electron chi connectivity index (χ4n) is 1.50. The predicted molar refractivity (Wildman–Crippen MR) is 66.2 cm³/mol. The van der Waals surface area contributed by atoms with E-state index in [9.17, 15) is 18.4 Å². The van der Waals surface area contributed by atoms with Gasteiger partial charge in [0.25, 0.3) is 0 Å². The zero-order chi connectivity index (χ0) is 14.4. The van der Waals surface area contributed by atoms with Crippen LogP contribution >= 0.6 is 11.6 Å². The smallest absolute Gasteiger partial charge is 0.305 e. The van der Waals surface area contributed by atoms with Crippen molar-refractivity contribution in [1.82, 2.24) is 0 Å². The number of ether oxygens (including phenoxy) is 1. The normalized spacial score (nSPS) is 10.3. The molecule has 0 radical (unpaired) electrons. The highest BCUT2D eigenvalue weighted by Gasteiger charge is 2.15. The summed E-state index contributed by atoms with van der Waals surface area (Å²) in [6.07, 6.45) is 0.386. The second-order valence-corrected chi connectivity index (χ2v) is 4.24. The van der Waals surface area contributed by atoms with Crippen molar-refractivity contribution in [2.45, 2.75) is 26.2 Å². The Balaban J connectivity index is 2.59. The Bertz CT molecular complexity index is 489. The summed E-state index contributed by atoms with van der Waals surface area (Å²) in [5, 5.41) is -0.139. The predicted octanol–water partition coefficient (Wildman–Crippen LogP) is 3.53. The Labute approximate surface area is 114 Å². The number of hydrogen-bond donors (Lipinski definition) is 0. The molecular weight excluding hydrogens is 278 g/mol. The maximum Gasteiger partial charge on any atom is 0.305 e. The van der Waals surface area contributed by atoms with Gasteiger partial charge in [0.1, 0.15) is 0 Å². The molecule has 19 heavy (non-hydrogen) atoms. The Hall–Kier alpha value is -1.49. The number of ketones is 1. The molecule has 0 aromatic heterocycles.